The molecule has 0 amide bonds. The van der Waals surface area contributed by atoms with Crippen LogP contribution >= 0.6 is 12.2 Å². The number of nitriles is 1. The van der Waals surface area contributed by atoms with Gasteiger partial charge < -0.3 is 25.3 Å². The molecular formula is C30H35F3N6O2S. The molecule has 8 nitrogen and oxygen atoms in total. The first-order valence-electron chi connectivity index (χ1n) is 13.3. The van der Waals surface area contributed by atoms with Crippen LogP contribution in [0.2, 0.25) is 0 Å². The number of ketones is 1. The van der Waals surface area contributed by atoms with Crippen LogP contribution in [0.4, 0.5) is 13.2 Å². The zero-order valence-electron chi connectivity index (χ0n) is 23.8. The minimum absolute atomic E-state index is 0.00200. The molecule has 0 saturated carbocycles. The van der Waals surface area contributed by atoms with Gasteiger partial charge in [0.25, 0.3) is 0 Å². The molecule has 3 aromatic rings. The van der Waals surface area contributed by atoms with Gasteiger partial charge in [0.1, 0.15) is 5.78 Å². The summed E-state index contributed by atoms with van der Waals surface area (Å²) in [4.78, 5) is 19.4. The second kappa shape index (κ2) is 14.4. The number of hydrogen-bond donors (Lipinski definition) is 2. The second-order valence-electron chi connectivity index (χ2n) is 10.4. The largest absolute Gasteiger partial charge is 0.416 e. The van der Waals surface area contributed by atoms with Gasteiger partial charge in [-0.3, -0.25) is 4.79 Å². The molecular weight excluding hydrogens is 565 g/mol. The van der Waals surface area contributed by atoms with Crippen LogP contribution in [0.1, 0.15) is 48.2 Å². The molecule has 0 spiro atoms. The predicted octanol–water partition coefficient (Wildman–Crippen LogP) is 4.66. The van der Waals surface area contributed by atoms with Crippen LogP contribution in [-0.4, -0.2) is 51.8 Å². The average molecular weight is 601 g/mol. The minimum Gasteiger partial charge on any atom is -0.385 e. The molecule has 1 unspecified atom stereocenters. The van der Waals surface area contributed by atoms with Gasteiger partial charge in [-0.15, -0.1) is 0 Å². The normalized spacial score (nSPS) is 12.4. The van der Waals surface area contributed by atoms with Crippen LogP contribution < -0.4 is 11.1 Å². The molecule has 0 fully saturated rings. The Hall–Kier alpha value is -3.79. The van der Waals surface area contributed by atoms with Gasteiger partial charge in [-0.1, -0.05) is 30.3 Å². The number of aromatic nitrogens is 2. The number of benzene rings is 2. The Morgan fingerprint density at radius 1 is 1.21 bits per heavy atom. The maximum Gasteiger partial charge on any atom is 0.416 e. The number of carbonyl (C=O) groups is 1. The van der Waals surface area contributed by atoms with Gasteiger partial charge in [0.15, 0.2) is 5.11 Å². The van der Waals surface area contributed by atoms with Crippen LogP contribution in [-0.2, 0) is 35.2 Å². The number of nitrogens with two attached hydrogens (primary N) is 1. The zero-order valence-corrected chi connectivity index (χ0v) is 24.6. The summed E-state index contributed by atoms with van der Waals surface area (Å²) >= 11 is 5.59. The zero-order chi connectivity index (χ0) is 30.9. The van der Waals surface area contributed by atoms with Crippen molar-refractivity contribution in [3.05, 3.63) is 89.0 Å². The SMILES string of the molecule is COCCCNC(=S)N(Cc1ccccc1C(F)(F)F)C(N)C(C)(C)C(=O)Cc1cncn1Cc1ccc(C#N)cc1. The summed E-state index contributed by atoms with van der Waals surface area (Å²) in [7, 11) is 1.57. The number of ether oxygens (including phenoxy) is 1. The Labute approximate surface area is 249 Å². The van der Waals surface area contributed by atoms with E-state index in [1.54, 1.807) is 45.6 Å². The molecule has 2 aromatic carbocycles. The predicted molar refractivity (Wildman–Crippen MR) is 157 cm³/mol. The molecule has 1 atom stereocenters. The van der Waals surface area contributed by atoms with Gasteiger partial charge in [0.05, 0.1) is 35.1 Å². The third-order valence-corrected chi connectivity index (χ3v) is 7.47. The number of alkyl halides is 3. The molecule has 0 aliphatic carbocycles. The van der Waals surface area contributed by atoms with E-state index in [2.05, 4.69) is 16.4 Å². The first-order chi connectivity index (χ1) is 19.9. The van der Waals surface area contributed by atoms with E-state index in [-0.39, 0.29) is 29.4 Å². The molecule has 0 radical (unpaired) electrons. The average Bonchev–Trinajstić information content (AvgIpc) is 3.39. The highest BCUT2D eigenvalue weighted by Gasteiger charge is 2.40. The lowest BCUT2D eigenvalue weighted by Gasteiger charge is -2.40. The van der Waals surface area contributed by atoms with Gasteiger partial charge in [0, 0.05) is 51.7 Å². The highest BCUT2D eigenvalue weighted by Crippen LogP contribution is 2.34. The number of methoxy groups -OCH3 is 1. The Morgan fingerprint density at radius 2 is 1.90 bits per heavy atom. The van der Waals surface area contributed by atoms with Crippen molar-refractivity contribution in [3.8, 4) is 6.07 Å². The molecule has 224 valence electrons. The van der Waals surface area contributed by atoms with Crippen LogP contribution in [0, 0.1) is 16.7 Å². The van der Waals surface area contributed by atoms with E-state index in [1.165, 1.54) is 23.1 Å². The number of nitrogens with zero attached hydrogens (tertiary/aromatic N) is 4. The van der Waals surface area contributed by atoms with Gasteiger partial charge in [-0.25, -0.2) is 4.98 Å². The summed E-state index contributed by atoms with van der Waals surface area (Å²) < 4.78 is 48.3. The van der Waals surface area contributed by atoms with Crippen molar-refractivity contribution in [2.45, 2.75) is 52.1 Å². The Balaban J connectivity index is 1.84. The Kier molecular flexibility index (Phi) is 11.2. The number of rotatable bonds is 13. The molecule has 0 saturated heterocycles. The lowest BCUT2D eigenvalue weighted by Crippen LogP contribution is -2.58. The maximum atomic E-state index is 13.8. The number of imidazole rings is 1. The van der Waals surface area contributed by atoms with Crippen molar-refractivity contribution in [1.82, 2.24) is 19.8 Å². The van der Waals surface area contributed by atoms with Crippen LogP contribution in [0.5, 0.6) is 0 Å². The molecule has 42 heavy (non-hydrogen) atoms. The van der Waals surface area contributed by atoms with E-state index in [0.29, 0.717) is 37.4 Å². The monoisotopic (exact) mass is 600 g/mol. The number of carbonyl (C=O) groups excluding carboxylic acids is 1. The van der Waals surface area contributed by atoms with Gasteiger partial charge in [-0.2, -0.15) is 18.4 Å². The smallest absolute Gasteiger partial charge is 0.385 e. The fourth-order valence-corrected chi connectivity index (χ4v) is 4.67. The molecule has 3 N–H and O–H groups in total. The van der Waals surface area contributed by atoms with Crippen molar-refractivity contribution in [2.24, 2.45) is 11.1 Å². The topological polar surface area (TPSA) is 109 Å². The number of Topliss-reactive ketones (excluding diaryl/α,β-unsaturated/α-hetero) is 1. The van der Waals surface area contributed by atoms with Crippen LogP contribution in [0.25, 0.3) is 0 Å². The van der Waals surface area contributed by atoms with E-state index in [9.17, 15) is 18.0 Å². The number of hydrogen-bond acceptors (Lipinski definition) is 6. The van der Waals surface area contributed by atoms with Gasteiger partial charge in [-0.05, 0) is 61.8 Å². The van der Waals surface area contributed by atoms with E-state index in [0.717, 1.165) is 11.6 Å². The highest BCUT2D eigenvalue weighted by molar-refractivity contribution is 7.80. The molecule has 1 heterocycles. The first kappa shape index (κ1) is 32.7. The summed E-state index contributed by atoms with van der Waals surface area (Å²) in [5, 5.41) is 12.2. The molecule has 0 aliphatic rings. The molecule has 3 rings (SSSR count). The van der Waals surface area contributed by atoms with E-state index >= 15 is 0 Å². The second-order valence-corrected chi connectivity index (χ2v) is 10.8. The fraction of sp³-hybridized carbons (Fsp3) is 0.400. The summed E-state index contributed by atoms with van der Waals surface area (Å²) in [5.41, 5.74) is 6.79. The first-order valence-corrected chi connectivity index (χ1v) is 13.7. The summed E-state index contributed by atoms with van der Waals surface area (Å²) in [5.74, 6) is -0.229. The summed E-state index contributed by atoms with van der Waals surface area (Å²) in [6.45, 7) is 4.41. The standard InChI is InChI=1S/C30H35F3N6O2S/c1-29(2,26(40)15-24-17-36-20-38(24)18-22-11-9-21(16-34)10-12-22)27(35)39(28(42)37-13-6-14-41-3)19-23-7-4-5-8-25(23)30(31,32)33/h4-5,7-12,17,20,27H,6,13-15,18-19,35H2,1-3H3,(H,37,42). The van der Waals surface area contributed by atoms with E-state index in [4.69, 9.17) is 28.0 Å². The lowest BCUT2D eigenvalue weighted by molar-refractivity contribution is -0.138. The number of nitrogens with one attached hydrogen (secondary N) is 1. The molecule has 12 heteroatoms. The van der Waals surface area contributed by atoms with Crippen molar-refractivity contribution >= 4 is 23.1 Å². The minimum atomic E-state index is -4.57. The van der Waals surface area contributed by atoms with Crippen molar-refractivity contribution in [1.29, 1.82) is 5.26 Å². The van der Waals surface area contributed by atoms with Crippen LogP contribution in [0.3, 0.4) is 0 Å². The third kappa shape index (κ3) is 8.38. The Bertz CT molecular complexity index is 1400. The lowest BCUT2D eigenvalue weighted by atomic mass is 9.82. The van der Waals surface area contributed by atoms with Gasteiger partial charge in [0.2, 0.25) is 0 Å². The molecule has 0 aliphatic heterocycles. The number of thiocarbonyl (C=S) groups is 1. The quantitative estimate of drug-likeness (QED) is 0.166. The highest BCUT2D eigenvalue weighted by atomic mass is 32.1. The van der Waals surface area contributed by atoms with Crippen molar-refractivity contribution < 1.29 is 22.7 Å². The van der Waals surface area contributed by atoms with Crippen molar-refractivity contribution in [2.75, 3.05) is 20.3 Å². The Morgan fingerprint density at radius 3 is 2.55 bits per heavy atom. The van der Waals surface area contributed by atoms with E-state index < -0.39 is 23.3 Å². The fourth-order valence-electron chi connectivity index (χ4n) is 4.39. The van der Waals surface area contributed by atoms with E-state index in [1.807, 2.05) is 16.7 Å². The third-order valence-electron chi connectivity index (χ3n) is 7.10. The maximum absolute atomic E-state index is 13.8. The molecule has 0 bridgehead atoms. The van der Waals surface area contributed by atoms with Gasteiger partial charge >= 0.3 is 6.18 Å². The van der Waals surface area contributed by atoms with Crippen molar-refractivity contribution in [3.63, 3.8) is 0 Å². The molecule has 1 aromatic heterocycles. The summed E-state index contributed by atoms with van der Waals surface area (Å²) in [6.07, 6.45) is -1.79. The number of halogens is 3. The summed E-state index contributed by atoms with van der Waals surface area (Å²) in [6, 6.07) is 14.4. The van der Waals surface area contributed by atoms with Crippen LogP contribution in [0.15, 0.2) is 61.1 Å².